The van der Waals surface area contributed by atoms with Crippen LogP contribution in [-0.2, 0) is 17.7 Å². The van der Waals surface area contributed by atoms with E-state index in [-0.39, 0.29) is 0 Å². The van der Waals surface area contributed by atoms with E-state index in [1.165, 1.54) is 5.69 Å². The molecule has 0 aliphatic carbocycles. The van der Waals surface area contributed by atoms with Crippen LogP contribution in [0, 0.1) is 0 Å². The Kier molecular flexibility index (Phi) is 4.45. The molecule has 1 saturated heterocycles. The third-order valence-electron chi connectivity index (χ3n) is 5.56. The van der Waals surface area contributed by atoms with Crippen LogP contribution in [0.2, 0.25) is 5.02 Å². The third-order valence-corrected chi connectivity index (χ3v) is 5.80. The van der Waals surface area contributed by atoms with Crippen molar-refractivity contribution >= 4 is 28.2 Å². The predicted octanol–water partition coefficient (Wildman–Crippen LogP) is 3.44. The monoisotopic (exact) mass is 383 g/mol. The highest BCUT2D eigenvalue weighted by Crippen LogP contribution is 2.29. The predicted molar refractivity (Wildman–Crippen MR) is 105 cm³/mol. The molecule has 5 rings (SSSR count). The minimum Gasteiger partial charge on any atom is -0.381 e. The van der Waals surface area contributed by atoms with Crippen LogP contribution in [0.15, 0.2) is 30.5 Å². The second kappa shape index (κ2) is 7.09. The molecule has 27 heavy (non-hydrogen) atoms. The number of aromatic nitrogens is 4. The Morgan fingerprint density at radius 1 is 1.07 bits per heavy atom. The van der Waals surface area contributed by atoms with Crippen LogP contribution in [0.5, 0.6) is 0 Å². The zero-order valence-corrected chi connectivity index (χ0v) is 15.9. The Bertz CT molecular complexity index is 941. The molecule has 2 aliphatic rings. The normalized spacial score (nSPS) is 18.5. The van der Waals surface area contributed by atoms with Gasteiger partial charge in [-0.2, -0.15) is 5.10 Å². The molecule has 0 bridgehead atoms. The first-order chi connectivity index (χ1) is 13.3. The molecule has 0 amide bonds. The zero-order chi connectivity index (χ0) is 18.2. The van der Waals surface area contributed by atoms with E-state index in [0.29, 0.717) is 10.9 Å². The molecule has 7 heteroatoms. The quantitative estimate of drug-likeness (QED) is 0.678. The third kappa shape index (κ3) is 3.28. The van der Waals surface area contributed by atoms with Gasteiger partial charge in [0.2, 0.25) is 0 Å². The van der Waals surface area contributed by atoms with Crippen molar-refractivity contribution in [1.29, 1.82) is 0 Å². The average molecular weight is 384 g/mol. The van der Waals surface area contributed by atoms with Gasteiger partial charge < -0.3 is 9.64 Å². The standard InChI is InChI=1S/C20H22ClN5O/c21-15-1-2-16-17(13-15)22-7-3-18(16)25-8-4-19-23-20(24-26(19)10-9-25)14-5-11-27-12-6-14/h1-3,7,13-14H,4-6,8-12H2. The van der Waals surface area contributed by atoms with Gasteiger partial charge in [-0.3, -0.25) is 4.98 Å². The Labute approximate surface area is 163 Å². The fourth-order valence-electron chi connectivity index (χ4n) is 4.07. The molecule has 0 N–H and O–H groups in total. The molecule has 3 aromatic rings. The first kappa shape index (κ1) is 17.0. The lowest BCUT2D eigenvalue weighted by Crippen LogP contribution is -2.27. The Morgan fingerprint density at radius 3 is 2.85 bits per heavy atom. The molecule has 6 nitrogen and oxygen atoms in total. The Balaban J connectivity index is 1.38. The highest BCUT2D eigenvalue weighted by Gasteiger charge is 2.24. The fraction of sp³-hybridized carbons (Fsp3) is 0.450. The second-order valence-corrected chi connectivity index (χ2v) is 7.66. The van der Waals surface area contributed by atoms with Crippen molar-refractivity contribution in [2.24, 2.45) is 0 Å². The summed E-state index contributed by atoms with van der Waals surface area (Å²) in [7, 11) is 0. The molecule has 0 atom stereocenters. The summed E-state index contributed by atoms with van der Waals surface area (Å²) in [5, 5.41) is 6.68. The number of hydrogen-bond acceptors (Lipinski definition) is 5. The van der Waals surface area contributed by atoms with Crippen LogP contribution in [0.3, 0.4) is 0 Å². The molecule has 0 unspecified atom stereocenters. The van der Waals surface area contributed by atoms with Gasteiger partial charge in [0.1, 0.15) is 5.82 Å². The zero-order valence-electron chi connectivity index (χ0n) is 15.1. The van der Waals surface area contributed by atoms with Gasteiger partial charge in [0, 0.05) is 60.9 Å². The van der Waals surface area contributed by atoms with Crippen molar-refractivity contribution in [1.82, 2.24) is 19.7 Å². The number of fused-ring (bicyclic) bond motifs is 2. The van der Waals surface area contributed by atoms with Gasteiger partial charge in [0.25, 0.3) is 0 Å². The smallest absolute Gasteiger partial charge is 0.154 e. The first-order valence-corrected chi connectivity index (χ1v) is 9.96. The van der Waals surface area contributed by atoms with E-state index in [1.807, 2.05) is 18.3 Å². The summed E-state index contributed by atoms with van der Waals surface area (Å²) in [6.45, 7) is 4.32. The molecular formula is C20H22ClN5O. The van der Waals surface area contributed by atoms with Crippen LogP contribution < -0.4 is 4.90 Å². The summed E-state index contributed by atoms with van der Waals surface area (Å²) < 4.78 is 7.57. The van der Waals surface area contributed by atoms with E-state index in [2.05, 4.69) is 26.7 Å². The second-order valence-electron chi connectivity index (χ2n) is 7.22. The lowest BCUT2D eigenvalue weighted by atomic mass is 10.00. The van der Waals surface area contributed by atoms with Gasteiger partial charge in [-0.25, -0.2) is 9.67 Å². The molecule has 0 spiro atoms. The largest absolute Gasteiger partial charge is 0.381 e. The van der Waals surface area contributed by atoms with E-state index >= 15 is 0 Å². The number of halogens is 1. The minimum absolute atomic E-state index is 0.447. The highest BCUT2D eigenvalue weighted by molar-refractivity contribution is 6.31. The van der Waals surface area contributed by atoms with E-state index in [1.54, 1.807) is 0 Å². The van der Waals surface area contributed by atoms with Gasteiger partial charge in [-0.05, 0) is 37.1 Å². The summed E-state index contributed by atoms with van der Waals surface area (Å²) >= 11 is 6.13. The maximum absolute atomic E-state index is 6.13. The van der Waals surface area contributed by atoms with Crippen LogP contribution >= 0.6 is 11.6 Å². The van der Waals surface area contributed by atoms with Crippen molar-refractivity contribution in [3.63, 3.8) is 0 Å². The van der Waals surface area contributed by atoms with Crippen molar-refractivity contribution < 1.29 is 4.74 Å². The molecule has 0 radical (unpaired) electrons. The number of anilines is 1. The lowest BCUT2D eigenvalue weighted by Gasteiger charge is -2.24. The van der Waals surface area contributed by atoms with Crippen molar-refractivity contribution in [2.75, 3.05) is 31.2 Å². The minimum atomic E-state index is 0.447. The van der Waals surface area contributed by atoms with Crippen molar-refractivity contribution in [3.05, 3.63) is 47.1 Å². The number of ether oxygens (including phenoxy) is 1. The average Bonchev–Trinajstić information content (AvgIpc) is 3.01. The van der Waals surface area contributed by atoms with Gasteiger partial charge in [-0.15, -0.1) is 0 Å². The molecule has 4 heterocycles. The molecule has 1 fully saturated rings. The molecule has 2 aliphatic heterocycles. The number of hydrogen-bond donors (Lipinski definition) is 0. The maximum Gasteiger partial charge on any atom is 0.154 e. The van der Waals surface area contributed by atoms with Crippen LogP contribution in [0.25, 0.3) is 10.9 Å². The number of nitrogens with zero attached hydrogens (tertiary/aromatic N) is 5. The molecule has 2 aromatic heterocycles. The summed E-state index contributed by atoms with van der Waals surface area (Å²) in [5.41, 5.74) is 2.13. The number of rotatable bonds is 2. The van der Waals surface area contributed by atoms with Gasteiger partial charge in [0.05, 0.1) is 12.1 Å². The molecule has 140 valence electrons. The number of benzene rings is 1. The Morgan fingerprint density at radius 2 is 1.96 bits per heavy atom. The molecule has 0 saturated carbocycles. The lowest BCUT2D eigenvalue weighted by molar-refractivity contribution is 0.0835. The van der Waals surface area contributed by atoms with Crippen LogP contribution in [0.1, 0.15) is 30.4 Å². The highest BCUT2D eigenvalue weighted by atomic mass is 35.5. The number of pyridine rings is 1. The van der Waals surface area contributed by atoms with Crippen LogP contribution in [-0.4, -0.2) is 46.1 Å². The van der Waals surface area contributed by atoms with Gasteiger partial charge >= 0.3 is 0 Å². The molecular weight excluding hydrogens is 362 g/mol. The van der Waals surface area contributed by atoms with E-state index in [0.717, 1.165) is 74.7 Å². The van der Waals surface area contributed by atoms with E-state index in [4.69, 9.17) is 26.4 Å². The van der Waals surface area contributed by atoms with E-state index in [9.17, 15) is 0 Å². The van der Waals surface area contributed by atoms with Crippen LogP contribution in [0.4, 0.5) is 5.69 Å². The SMILES string of the molecule is Clc1ccc2c(N3CCc4nc(C5CCOCC5)nn4CC3)ccnc2c1. The first-order valence-electron chi connectivity index (χ1n) is 9.58. The topological polar surface area (TPSA) is 56.1 Å². The Hall–Kier alpha value is -2.18. The fourth-order valence-corrected chi connectivity index (χ4v) is 4.24. The molecule has 1 aromatic carbocycles. The summed E-state index contributed by atoms with van der Waals surface area (Å²) in [6, 6.07) is 8.00. The summed E-state index contributed by atoms with van der Waals surface area (Å²) in [6.07, 6.45) is 4.81. The van der Waals surface area contributed by atoms with Gasteiger partial charge in [-0.1, -0.05) is 11.6 Å². The van der Waals surface area contributed by atoms with Gasteiger partial charge in [0.15, 0.2) is 5.82 Å². The van der Waals surface area contributed by atoms with E-state index < -0.39 is 0 Å². The summed E-state index contributed by atoms with van der Waals surface area (Å²) in [5.74, 6) is 2.55. The van der Waals surface area contributed by atoms with Crippen molar-refractivity contribution in [3.8, 4) is 0 Å². The maximum atomic E-state index is 6.13. The summed E-state index contributed by atoms with van der Waals surface area (Å²) in [4.78, 5) is 11.7. The van der Waals surface area contributed by atoms with Crippen molar-refractivity contribution in [2.45, 2.75) is 31.7 Å².